The zero-order valence-corrected chi connectivity index (χ0v) is 16.9. The second-order valence-electron chi connectivity index (χ2n) is 6.27. The number of thiazole rings is 1. The molecule has 4 rings (SSSR count). The summed E-state index contributed by atoms with van der Waals surface area (Å²) in [6.45, 7) is 5.34. The molecular formula is C22H17N3O4S. The highest BCUT2D eigenvalue weighted by atomic mass is 32.1. The number of hydrogen-bond donors (Lipinski definition) is 0. The largest absolute Gasteiger partial charge is 0.489 e. The van der Waals surface area contributed by atoms with Crippen LogP contribution in [0.5, 0.6) is 11.5 Å². The summed E-state index contributed by atoms with van der Waals surface area (Å²) in [4.78, 5) is 29.1. The molecule has 0 saturated heterocycles. The van der Waals surface area contributed by atoms with Crippen LogP contribution in [0.1, 0.15) is 12.5 Å². The molecule has 0 atom stereocenters. The third-order valence-corrected chi connectivity index (χ3v) is 5.08. The molecule has 0 aliphatic carbocycles. The third kappa shape index (κ3) is 3.85. The van der Waals surface area contributed by atoms with Gasteiger partial charge >= 0.3 is 5.97 Å². The summed E-state index contributed by atoms with van der Waals surface area (Å²) in [5.74, 6) is 0.876. The summed E-state index contributed by atoms with van der Waals surface area (Å²) in [6.07, 6.45) is 3.42. The standard InChI is InChI=1S/C22H17N3O4S/c1-3-12-28-17-10-6-4-8-15(17)13-19-21(27)25-22(30-19)23-20(24-25)16-9-5-7-11-18(16)29-14(2)26/h3-11,13H,1,12H2,2H3. The maximum Gasteiger partial charge on any atom is 0.308 e. The Kier molecular flexibility index (Phi) is 5.40. The van der Waals surface area contributed by atoms with E-state index in [9.17, 15) is 9.59 Å². The van der Waals surface area contributed by atoms with Gasteiger partial charge in [-0.2, -0.15) is 9.50 Å². The SMILES string of the molecule is C=CCOc1ccccc1C=c1sc2nc(-c3ccccc3OC(C)=O)nn2c1=O. The molecule has 7 nitrogen and oxygen atoms in total. The molecule has 0 amide bonds. The fraction of sp³-hybridized carbons (Fsp3) is 0.0909. The van der Waals surface area contributed by atoms with Gasteiger partial charge in [0.25, 0.3) is 5.56 Å². The second-order valence-corrected chi connectivity index (χ2v) is 7.28. The van der Waals surface area contributed by atoms with Gasteiger partial charge in [0, 0.05) is 12.5 Å². The Bertz CT molecular complexity index is 1360. The maximum atomic E-state index is 12.9. The van der Waals surface area contributed by atoms with E-state index < -0.39 is 5.97 Å². The van der Waals surface area contributed by atoms with E-state index in [0.717, 1.165) is 5.56 Å². The zero-order valence-electron chi connectivity index (χ0n) is 16.1. The van der Waals surface area contributed by atoms with Gasteiger partial charge < -0.3 is 9.47 Å². The minimum atomic E-state index is -0.442. The minimum absolute atomic E-state index is 0.280. The molecule has 2 aromatic carbocycles. The molecule has 0 spiro atoms. The minimum Gasteiger partial charge on any atom is -0.489 e. The lowest BCUT2D eigenvalue weighted by molar-refractivity contribution is -0.131. The van der Waals surface area contributed by atoms with E-state index in [1.54, 1.807) is 36.4 Å². The number of benzene rings is 2. The van der Waals surface area contributed by atoms with Crippen LogP contribution < -0.4 is 19.6 Å². The lowest BCUT2D eigenvalue weighted by Gasteiger charge is -2.05. The van der Waals surface area contributed by atoms with Crippen LogP contribution in [-0.2, 0) is 4.79 Å². The Balaban J connectivity index is 1.77. The van der Waals surface area contributed by atoms with Crippen LogP contribution in [0.25, 0.3) is 22.4 Å². The van der Waals surface area contributed by atoms with Crippen molar-refractivity contribution in [2.75, 3.05) is 6.61 Å². The molecule has 0 N–H and O–H groups in total. The van der Waals surface area contributed by atoms with Crippen LogP contribution in [-0.4, -0.2) is 27.2 Å². The van der Waals surface area contributed by atoms with Crippen molar-refractivity contribution in [1.29, 1.82) is 0 Å². The predicted molar refractivity (Wildman–Crippen MR) is 115 cm³/mol. The fourth-order valence-corrected chi connectivity index (χ4v) is 3.76. The molecule has 0 saturated carbocycles. The first-order valence-corrected chi connectivity index (χ1v) is 9.90. The molecule has 0 bridgehead atoms. The number of fused-ring (bicyclic) bond motifs is 1. The van der Waals surface area contributed by atoms with E-state index in [4.69, 9.17) is 9.47 Å². The van der Waals surface area contributed by atoms with Crippen molar-refractivity contribution in [3.05, 3.63) is 81.6 Å². The number of esters is 1. The molecule has 0 aliphatic heterocycles. The Hall–Kier alpha value is -3.78. The first-order valence-electron chi connectivity index (χ1n) is 9.08. The number of aromatic nitrogens is 3. The van der Waals surface area contributed by atoms with E-state index in [2.05, 4.69) is 16.7 Å². The summed E-state index contributed by atoms with van der Waals surface area (Å²) < 4.78 is 12.6. The van der Waals surface area contributed by atoms with Crippen molar-refractivity contribution in [2.24, 2.45) is 0 Å². The summed E-state index contributed by atoms with van der Waals surface area (Å²) in [7, 11) is 0. The molecule has 0 radical (unpaired) electrons. The highest BCUT2D eigenvalue weighted by molar-refractivity contribution is 7.15. The fourth-order valence-electron chi connectivity index (χ4n) is 2.86. The van der Waals surface area contributed by atoms with E-state index in [0.29, 0.717) is 39.0 Å². The molecule has 30 heavy (non-hydrogen) atoms. The van der Waals surface area contributed by atoms with Crippen molar-refractivity contribution in [2.45, 2.75) is 6.92 Å². The normalized spacial score (nSPS) is 11.6. The van der Waals surface area contributed by atoms with E-state index in [-0.39, 0.29) is 5.56 Å². The molecular weight excluding hydrogens is 402 g/mol. The lowest BCUT2D eigenvalue weighted by atomic mass is 10.2. The smallest absolute Gasteiger partial charge is 0.308 e. The summed E-state index contributed by atoms with van der Waals surface area (Å²) in [6, 6.07) is 14.4. The van der Waals surface area contributed by atoms with Gasteiger partial charge in [-0.05, 0) is 24.3 Å². The Labute approximate surface area is 175 Å². The molecule has 2 heterocycles. The number of nitrogens with zero attached hydrogens (tertiary/aromatic N) is 3. The predicted octanol–water partition coefficient (Wildman–Crippen LogP) is 2.86. The molecule has 4 aromatic rings. The van der Waals surface area contributed by atoms with E-state index >= 15 is 0 Å². The van der Waals surface area contributed by atoms with Crippen LogP contribution in [0.3, 0.4) is 0 Å². The van der Waals surface area contributed by atoms with Crippen LogP contribution in [0.15, 0.2) is 66.0 Å². The van der Waals surface area contributed by atoms with Gasteiger partial charge in [0.1, 0.15) is 18.1 Å². The third-order valence-electron chi connectivity index (χ3n) is 4.13. The van der Waals surface area contributed by atoms with Gasteiger partial charge in [-0.3, -0.25) is 9.59 Å². The Morgan fingerprint density at radius 1 is 1.17 bits per heavy atom. The first kappa shape index (κ1) is 19.5. The summed E-state index contributed by atoms with van der Waals surface area (Å²) in [5.41, 5.74) is 1.04. The monoisotopic (exact) mass is 419 g/mol. The van der Waals surface area contributed by atoms with Crippen molar-refractivity contribution in [3.63, 3.8) is 0 Å². The van der Waals surface area contributed by atoms with Crippen LogP contribution in [0, 0.1) is 0 Å². The van der Waals surface area contributed by atoms with Gasteiger partial charge in [-0.25, -0.2) is 0 Å². The topological polar surface area (TPSA) is 82.8 Å². The van der Waals surface area contributed by atoms with Crippen molar-refractivity contribution in [1.82, 2.24) is 14.6 Å². The highest BCUT2D eigenvalue weighted by Gasteiger charge is 2.16. The Morgan fingerprint density at radius 2 is 1.90 bits per heavy atom. The number of hydrogen-bond acceptors (Lipinski definition) is 7. The van der Waals surface area contributed by atoms with E-state index in [1.807, 2.05) is 24.3 Å². The second kappa shape index (κ2) is 8.30. The average Bonchev–Trinajstić information content (AvgIpc) is 3.27. The van der Waals surface area contributed by atoms with Crippen LogP contribution in [0.4, 0.5) is 0 Å². The van der Waals surface area contributed by atoms with Crippen molar-refractivity contribution >= 4 is 28.3 Å². The highest BCUT2D eigenvalue weighted by Crippen LogP contribution is 2.28. The molecule has 2 aromatic heterocycles. The van der Waals surface area contributed by atoms with Gasteiger partial charge in [0.15, 0.2) is 5.82 Å². The first-order chi connectivity index (χ1) is 14.6. The number of para-hydroxylation sites is 2. The number of carbonyl (C=O) groups is 1. The molecule has 150 valence electrons. The quantitative estimate of drug-likeness (QED) is 0.272. The molecule has 0 unspecified atom stereocenters. The maximum absolute atomic E-state index is 12.9. The molecule has 8 heteroatoms. The van der Waals surface area contributed by atoms with Crippen molar-refractivity contribution < 1.29 is 14.3 Å². The molecule has 0 fully saturated rings. The van der Waals surface area contributed by atoms with E-state index in [1.165, 1.54) is 22.8 Å². The number of rotatable bonds is 6. The van der Waals surface area contributed by atoms with Gasteiger partial charge in [-0.15, -0.1) is 5.10 Å². The average molecular weight is 419 g/mol. The van der Waals surface area contributed by atoms with Crippen molar-refractivity contribution in [3.8, 4) is 22.9 Å². The van der Waals surface area contributed by atoms with Crippen LogP contribution >= 0.6 is 11.3 Å². The summed E-state index contributed by atoms with van der Waals surface area (Å²) >= 11 is 1.22. The zero-order chi connectivity index (χ0) is 21.1. The number of ether oxygens (including phenoxy) is 2. The van der Waals surface area contributed by atoms with Gasteiger partial charge in [0.2, 0.25) is 4.96 Å². The number of carbonyl (C=O) groups excluding carboxylic acids is 1. The molecule has 0 aliphatic rings. The van der Waals surface area contributed by atoms with Gasteiger partial charge in [0.05, 0.1) is 10.1 Å². The Morgan fingerprint density at radius 3 is 2.63 bits per heavy atom. The summed E-state index contributed by atoms with van der Waals surface area (Å²) in [5, 5.41) is 4.33. The van der Waals surface area contributed by atoms with Gasteiger partial charge in [-0.1, -0.05) is 54.3 Å². The van der Waals surface area contributed by atoms with Crippen LogP contribution in [0.2, 0.25) is 0 Å². The lowest BCUT2D eigenvalue weighted by Crippen LogP contribution is -2.23.